The maximum atomic E-state index is 11.9. The molecule has 1 heterocycles. The number of hydrogen-bond donors (Lipinski definition) is 2. The predicted molar refractivity (Wildman–Crippen MR) is 67.1 cm³/mol. The van der Waals surface area contributed by atoms with Crippen LogP contribution in [0.5, 0.6) is 5.75 Å². The van der Waals surface area contributed by atoms with E-state index >= 15 is 0 Å². The lowest BCUT2D eigenvalue weighted by atomic mass is 10.3. The molecule has 0 unspecified atom stereocenters. The van der Waals surface area contributed by atoms with E-state index in [1.54, 1.807) is 7.05 Å². The van der Waals surface area contributed by atoms with E-state index in [9.17, 15) is 13.5 Å². The largest absolute Gasteiger partial charge is 0.506 e. The lowest BCUT2D eigenvalue weighted by Gasteiger charge is -2.06. The highest BCUT2D eigenvalue weighted by molar-refractivity contribution is 7.92. The number of hydrogen-bond acceptors (Lipinski definition) is 4. The van der Waals surface area contributed by atoms with Crippen molar-refractivity contribution in [1.29, 1.82) is 0 Å². The summed E-state index contributed by atoms with van der Waals surface area (Å²) in [6.45, 7) is 0. The number of phenolic OH excluding ortho intramolecular Hbond substituents is 1. The summed E-state index contributed by atoms with van der Waals surface area (Å²) in [7, 11) is -2.07. The number of nitrogens with zero attached hydrogens (tertiary/aromatic N) is 2. The van der Waals surface area contributed by atoms with Crippen molar-refractivity contribution in [3.05, 3.63) is 35.6 Å². The molecule has 0 bridgehead atoms. The molecule has 0 fully saturated rings. The molecule has 0 aliphatic heterocycles. The maximum absolute atomic E-state index is 11.9. The first-order chi connectivity index (χ1) is 8.38. The smallest absolute Gasteiger partial charge is 0.265 e. The minimum absolute atomic E-state index is 0.0502. The molecule has 8 heteroatoms. The molecule has 96 valence electrons. The molecule has 0 radical (unpaired) electrons. The molecule has 0 aliphatic rings. The van der Waals surface area contributed by atoms with Gasteiger partial charge in [0.15, 0.2) is 0 Å². The molecule has 6 nitrogen and oxygen atoms in total. The monoisotopic (exact) mass is 287 g/mol. The minimum atomic E-state index is -3.70. The van der Waals surface area contributed by atoms with Crippen LogP contribution in [0.3, 0.4) is 0 Å². The molecule has 2 rings (SSSR count). The molecule has 1 aromatic carbocycles. The maximum Gasteiger partial charge on any atom is 0.265 e. The van der Waals surface area contributed by atoms with Crippen molar-refractivity contribution in [2.45, 2.75) is 4.90 Å². The van der Waals surface area contributed by atoms with Crippen molar-refractivity contribution < 1.29 is 13.5 Å². The number of aromatic hydroxyl groups is 1. The molecule has 0 amide bonds. The van der Waals surface area contributed by atoms with Gasteiger partial charge in [-0.3, -0.25) is 9.40 Å². The van der Waals surface area contributed by atoms with Crippen LogP contribution >= 0.6 is 11.6 Å². The Labute approximate surface area is 109 Å². The zero-order chi connectivity index (χ0) is 13.3. The number of nitrogens with one attached hydrogen (secondary N) is 1. The van der Waals surface area contributed by atoms with E-state index < -0.39 is 10.0 Å². The van der Waals surface area contributed by atoms with Crippen LogP contribution in [0.4, 0.5) is 5.69 Å². The van der Waals surface area contributed by atoms with Gasteiger partial charge in [0, 0.05) is 13.2 Å². The Morgan fingerprint density at radius 3 is 2.72 bits per heavy atom. The van der Waals surface area contributed by atoms with Gasteiger partial charge in [0.25, 0.3) is 10.0 Å². The van der Waals surface area contributed by atoms with Crippen LogP contribution in [-0.4, -0.2) is 23.3 Å². The van der Waals surface area contributed by atoms with Crippen LogP contribution in [-0.2, 0) is 17.1 Å². The summed E-state index contributed by atoms with van der Waals surface area (Å²) in [5, 5.41) is 13.1. The number of aromatic nitrogens is 2. The fourth-order valence-corrected chi connectivity index (χ4v) is 2.53. The number of aryl methyl sites for hydroxylation is 1. The fourth-order valence-electron chi connectivity index (χ4n) is 1.32. The number of benzene rings is 1. The van der Waals surface area contributed by atoms with Crippen LogP contribution in [0.1, 0.15) is 0 Å². The standard InChI is InChI=1S/C10H10ClN3O3S/c1-14-6-8(5-12-14)18(16,17)13-7-2-3-10(15)9(11)4-7/h2-6,13,15H,1H3. The third kappa shape index (κ3) is 2.57. The molecule has 0 atom stereocenters. The van der Waals surface area contributed by atoms with Crippen LogP contribution in [0, 0.1) is 0 Å². The van der Waals surface area contributed by atoms with Crippen LogP contribution in [0.25, 0.3) is 0 Å². The van der Waals surface area contributed by atoms with E-state index in [2.05, 4.69) is 9.82 Å². The summed E-state index contributed by atoms with van der Waals surface area (Å²) >= 11 is 5.69. The highest BCUT2D eigenvalue weighted by Crippen LogP contribution is 2.27. The van der Waals surface area contributed by atoms with Gasteiger partial charge in [0.05, 0.1) is 16.9 Å². The van der Waals surface area contributed by atoms with E-state index in [-0.39, 0.29) is 21.4 Å². The van der Waals surface area contributed by atoms with Gasteiger partial charge < -0.3 is 5.11 Å². The van der Waals surface area contributed by atoms with Gasteiger partial charge in [-0.05, 0) is 18.2 Å². The van der Waals surface area contributed by atoms with Gasteiger partial charge in [0.2, 0.25) is 0 Å². The second-order valence-electron chi connectivity index (χ2n) is 3.62. The summed E-state index contributed by atoms with van der Waals surface area (Å²) in [5.41, 5.74) is 0.265. The van der Waals surface area contributed by atoms with Crippen molar-refractivity contribution in [3.8, 4) is 5.75 Å². The minimum Gasteiger partial charge on any atom is -0.506 e. The number of phenols is 1. The van der Waals surface area contributed by atoms with Gasteiger partial charge in [-0.25, -0.2) is 8.42 Å². The number of halogens is 1. The SMILES string of the molecule is Cn1cc(S(=O)(=O)Nc2ccc(O)c(Cl)c2)cn1. The van der Waals surface area contributed by atoms with Gasteiger partial charge in [0.1, 0.15) is 10.6 Å². The predicted octanol–water partition coefficient (Wildman–Crippen LogP) is 1.58. The molecule has 2 aromatic rings. The average Bonchev–Trinajstić information content (AvgIpc) is 2.71. The average molecular weight is 288 g/mol. The summed E-state index contributed by atoms with van der Waals surface area (Å²) in [6.07, 6.45) is 2.62. The normalized spacial score (nSPS) is 11.4. The zero-order valence-corrected chi connectivity index (χ0v) is 10.9. The van der Waals surface area contributed by atoms with Crippen LogP contribution in [0.2, 0.25) is 5.02 Å². The van der Waals surface area contributed by atoms with E-state index in [1.165, 1.54) is 35.3 Å². The summed E-state index contributed by atoms with van der Waals surface area (Å²) < 4.78 is 27.6. The van der Waals surface area contributed by atoms with Crippen molar-refractivity contribution in [1.82, 2.24) is 9.78 Å². The van der Waals surface area contributed by atoms with Crippen molar-refractivity contribution in [3.63, 3.8) is 0 Å². The van der Waals surface area contributed by atoms with Crippen molar-refractivity contribution >= 4 is 27.3 Å². The Bertz CT molecular complexity index is 681. The van der Waals surface area contributed by atoms with Gasteiger partial charge in [-0.1, -0.05) is 11.6 Å². The van der Waals surface area contributed by atoms with Gasteiger partial charge >= 0.3 is 0 Å². The van der Waals surface area contributed by atoms with Gasteiger partial charge in [-0.2, -0.15) is 5.10 Å². The summed E-state index contributed by atoms with van der Waals surface area (Å²) in [4.78, 5) is 0.0502. The summed E-state index contributed by atoms with van der Waals surface area (Å²) in [5.74, 6) is -0.110. The molecule has 0 aliphatic carbocycles. The third-order valence-electron chi connectivity index (χ3n) is 2.19. The second kappa shape index (κ2) is 4.51. The topological polar surface area (TPSA) is 84.2 Å². The van der Waals surface area contributed by atoms with E-state index in [0.717, 1.165) is 0 Å². The number of anilines is 1. The first-order valence-corrected chi connectivity index (χ1v) is 6.74. The van der Waals surface area contributed by atoms with E-state index in [1.807, 2.05) is 0 Å². The molecule has 1 aromatic heterocycles. The number of sulfonamides is 1. The Balaban J connectivity index is 2.30. The molecule has 0 saturated carbocycles. The third-order valence-corrected chi connectivity index (χ3v) is 3.83. The van der Waals surface area contributed by atoms with Gasteiger partial charge in [-0.15, -0.1) is 0 Å². The van der Waals surface area contributed by atoms with Crippen LogP contribution in [0.15, 0.2) is 35.5 Å². The fraction of sp³-hybridized carbons (Fsp3) is 0.100. The quantitative estimate of drug-likeness (QED) is 0.840. The highest BCUT2D eigenvalue weighted by Gasteiger charge is 2.16. The van der Waals surface area contributed by atoms with E-state index in [4.69, 9.17) is 11.6 Å². The first-order valence-electron chi connectivity index (χ1n) is 4.88. The molecule has 18 heavy (non-hydrogen) atoms. The number of rotatable bonds is 3. The lowest BCUT2D eigenvalue weighted by Crippen LogP contribution is -2.12. The Kier molecular flexibility index (Phi) is 3.18. The zero-order valence-electron chi connectivity index (χ0n) is 9.33. The Morgan fingerprint density at radius 2 is 2.17 bits per heavy atom. The Hall–Kier alpha value is -1.73. The summed E-state index contributed by atoms with van der Waals surface area (Å²) in [6, 6.07) is 4.05. The van der Waals surface area contributed by atoms with Crippen molar-refractivity contribution in [2.75, 3.05) is 4.72 Å². The molecule has 0 spiro atoms. The molecular weight excluding hydrogens is 278 g/mol. The molecule has 2 N–H and O–H groups in total. The lowest BCUT2D eigenvalue weighted by molar-refractivity contribution is 0.475. The second-order valence-corrected chi connectivity index (χ2v) is 5.71. The van der Waals surface area contributed by atoms with Crippen molar-refractivity contribution in [2.24, 2.45) is 7.05 Å². The first kappa shape index (κ1) is 12.7. The molecule has 0 saturated heterocycles. The van der Waals surface area contributed by atoms with E-state index in [0.29, 0.717) is 0 Å². The Morgan fingerprint density at radius 1 is 1.44 bits per heavy atom. The molecular formula is C10H10ClN3O3S. The highest BCUT2D eigenvalue weighted by atomic mass is 35.5. The van der Waals surface area contributed by atoms with Crippen LogP contribution < -0.4 is 4.72 Å².